The fourth-order valence-corrected chi connectivity index (χ4v) is 1.67. The van der Waals surface area contributed by atoms with Gasteiger partial charge in [-0.3, -0.25) is 14.9 Å². The molecule has 2 rings (SSSR count). The van der Waals surface area contributed by atoms with Crippen molar-refractivity contribution in [2.75, 3.05) is 6.61 Å². The van der Waals surface area contributed by atoms with E-state index in [4.69, 9.17) is 10.00 Å². The Labute approximate surface area is 137 Å². The van der Waals surface area contributed by atoms with Crippen molar-refractivity contribution in [1.29, 1.82) is 5.26 Å². The minimum Gasteiger partial charge on any atom is -0.484 e. The highest BCUT2D eigenvalue weighted by molar-refractivity contribution is 5.83. The molecule has 0 unspecified atom stereocenters. The fourth-order valence-electron chi connectivity index (χ4n) is 1.67. The van der Waals surface area contributed by atoms with Crippen LogP contribution in [0.5, 0.6) is 5.75 Å². The summed E-state index contributed by atoms with van der Waals surface area (Å²) in [6, 6.07) is 14.1. The summed E-state index contributed by atoms with van der Waals surface area (Å²) in [6.07, 6.45) is 1.44. The fraction of sp³-hybridized carbons (Fsp3) is 0.0625. The lowest BCUT2D eigenvalue weighted by Crippen LogP contribution is -2.24. The lowest BCUT2D eigenvalue weighted by Gasteiger charge is -2.04. The molecule has 0 aliphatic rings. The number of benzene rings is 2. The Morgan fingerprint density at radius 1 is 1.25 bits per heavy atom. The van der Waals surface area contributed by atoms with Gasteiger partial charge in [-0.05, 0) is 29.8 Å². The van der Waals surface area contributed by atoms with Crippen molar-refractivity contribution in [3.05, 3.63) is 69.8 Å². The Morgan fingerprint density at radius 3 is 2.50 bits per heavy atom. The van der Waals surface area contributed by atoms with Gasteiger partial charge in [0.05, 0.1) is 22.8 Å². The molecule has 8 nitrogen and oxygen atoms in total. The lowest BCUT2D eigenvalue weighted by molar-refractivity contribution is -0.384. The maximum absolute atomic E-state index is 11.6. The van der Waals surface area contributed by atoms with Crippen LogP contribution in [0.1, 0.15) is 11.1 Å². The summed E-state index contributed by atoms with van der Waals surface area (Å²) in [4.78, 5) is 21.6. The van der Waals surface area contributed by atoms with Gasteiger partial charge in [-0.2, -0.15) is 10.4 Å². The van der Waals surface area contributed by atoms with Gasteiger partial charge in [-0.1, -0.05) is 12.1 Å². The Bertz CT molecular complexity index is 792. The number of carbonyl (C=O) groups excluding carboxylic acids is 1. The van der Waals surface area contributed by atoms with Crippen LogP contribution in [0.3, 0.4) is 0 Å². The normalized spacial score (nSPS) is 10.1. The second-order valence-corrected chi connectivity index (χ2v) is 4.57. The van der Waals surface area contributed by atoms with Crippen molar-refractivity contribution in [2.45, 2.75) is 0 Å². The predicted molar refractivity (Wildman–Crippen MR) is 85.5 cm³/mol. The quantitative estimate of drug-likeness (QED) is 0.495. The van der Waals surface area contributed by atoms with E-state index in [0.29, 0.717) is 11.3 Å². The van der Waals surface area contributed by atoms with Gasteiger partial charge in [-0.15, -0.1) is 0 Å². The summed E-state index contributed by atoms with van der Waals surface area (Å²) >= 11 is 0. The van der Waals surface area contributed by atoms with E-state index in [0.717, 1.165) is 5.56 Å². The minimum absolute atomic E-state index is 0.0566. The van der Waals surface area contributed by atoms with E-state index in [1.165, 1.54) is 30.5 Å². The average Bonchev–Trinajstić information content (AvgIpc) is 2.61. The third-order valence-corrected chi connectivity index (χ3v) is 2.86. The van der Waals surface area contributed by atoms with E-state index in [9.17, 15) is 14.9 Å². The molecule has 0 fully saturated rings. The maximum Gasteiger partial charge on any atom is 0.277 e. The zero-order valence-electron chi connectivity index (χ0n) is 12.4. The van der Waals surface area contributed by atoms with Crippen LogP contribution in [0.2, 0.25) is 0 Å². The number of amides is 1. The molecule has 120 valence electrons. The highest BCUT2D eigenvalue weighted by atomic mass is 16.6. The number of carbonyl (C=O) groups is 1. The molecule has 2 aromatic rings. The molecular weight excluding hydrogens is 312 g/mol. The van der Waals surface area contributed by atoms with Crippen LogP contribution in [0.4, 0.5) is 5.69 Å². The van der Waals surface area contributed by atoms with Crippen LogP contribution in [0.15, 0.2) is 53.6 Å². The molecule has 0 atom stereocenters. The van der Waals surface area contributed by atoms with E-state index in [1.54, 1.807) is 24.3 Å². The van der Waals surface area contributed by atoms with Crippen LogP contribution < -0.4 is 10.2 Å². The van der Waals surface area contributed by atoms with Gasteiger partial charge >= 0.3 is 0 Å². The minimum atomic E-state index is -0.519. The van der Waals surface area contributed by atoms with Crippen molar-refractivity contribution < 1.29 is 14.5 Å². The Morgan fingerprint density at radius 2 is 1.92 bits per heavy atom. The molecule has 0 aliphatic carbocycles. The van der Waals surface area contributed by atoms with Gasteiger partial charge in [0.1, 0.15) is 5.75 Å². The first kappa shape index (κ1) is 16.6. The maximum atomic E-state index is 11.6. The standard InChI is InChI=1S/C16H12N4O4/c17-9-12-1-3-13(4-2-12)10-18-19-16(21)11-24-15-7-5-14(6-8-15)20(22)23/h1-8,10H,11H2,(H,19,21). The molecule has 1 N–H and O–H groups in total. The molecule has 2 aromatic carbocycles. The topological polar surface area (TPSA) is 118 Å². The number of hydrogen-bond donors (Lipinski definition) is 1. The summed E-state index contributed by atoms with van der Waals surface area (Å²) < 4.78 is 5.19. The highest BCUT2D eigenvalue weighted by Gasteiger charge is 2.06. The van der Waals surface area contributed by atoms with Crippen molar-refractivity contribution in [3.63, 3.8) is 0 Å². The zero-order valence-corrected chi connectivity index (χ0v) is 12.4. The first-order valence-electron chi connectivity index (χ1n) is 6.78. The van der Waals surface area contributed by atoms with Crippen molar-refractivity contribution in [3.8, 4) is 11.8 Å². The van der Waals surface area contributed by atoms with Crippen LogP contribution in [-0.4, -0.2) is 23.7 Å². The Kier molecular flexibility index (Phi) is 5.58. The molecule has 0 bridgehead atoms. The summed E-state index contributed by atoms with van der Waals surface area (Å²) in [6.45, 7) is -0.275. The molecule has 0 saturated carbocycles. The number of non-ortho nitro benzene ring substituents is 1. The molecule has 0 spiro atoms. The summed E-state index contributed by atoms with van der Waals surface area (Å²) in [5, 5.41) is 23.0. The largest absolute Gasteiger partial charge is 0.484 e. The number of nitro benzene ring substituents is 1. The summed E-state index contributed by atoms with van der Waals surface area (Å²) in [5.74, 6) is -0.134. The number of ether oxygens (including phenoxy) is 1. The lowest BCUT2D eigenvalue weighted by atomic mass is 10.2. The molecular formula is C16H12N4O4. The number of nitriles is 1. The second-order valence-electron chi connectivity index (χ2n) is 4.57. The molecule has 1 amide bonds. The average molecular weight is 324 g/mol. The van der Waals surface area contributed by atoms with Gasteiger partial charge in [0.2, 0.25) is 0 Å². The van der Waals surface area contributed by atoms with Crippen molar-refractivity contribution >= 4 is 17.8 Å². The van der Waals surface area contributed by atoms with E-state index in [-0.39, 0.29) is 12.3 Å². The molecule has 24 heavy (non-hydrogen) atoms. The third kappa shape index (κ3) is 4.92. The highest BCUT2D eigenvalue weighted by Crippen LogP contribution is 2.16. The Hall–Kier alpha value is -3.73. The van der Waals surface area contributed by atoms with Crippen molar-refractivity contribution in [2.24, 2.45) is 5.10 Å². The number of rotatable bonds is 6. The van der Waals surface area contributed by atoms with Crippen LogP contribution in [-0.2, 0) is 4.79 Å². The third-order valence-electron chi connectivity index (χ3n) is 2.86. The van der Waals surface area contributed by atoms with E-state index in [1.807, 2.05) is 6.07 Å². The zero-order chi connectivity index (χ0) is 17.4. The number of nitro groups is 1. The number of nitrogens with one attached hydrogen (secondary N) is 1. The number of nitrogens with zero attached hydrogens (tertiary/aromatic N) is 3. The summed E-state index contributed by atoms with van der Waals surface area (Å²) in [7, 11) is 0. The van der Waals surface area contributed by atoms with E-state index < -0.39 is 10.8 Å². The van der Waals surface area contributed by atoms with Crippen LogP contribution in [0.25, 0.3) is 0 Å². The summed E-state index contributed by atoms with van der Waals surface area (Å²) in [5.41, 5.74) is 3.50. The SMILES string of the molecule is N#Cc1ccc(C=NNC(=O)COc2ccc([N+](=O)[O-])cc2)cc1. The first-order valence-corrected chi connectivity index (χ1v) is 6.78. The van der Waals surface area contributed by atoms with Crippen LogP contribution in [0, 0.1) is 21.4 Å². The first-order chi connectivity index (χ1) is 11.6. The van der Waals surface area contributed by atoms with Gasteiger partial charge in [0.25, 0.3) is 11.6 Å². The second kappa shape index (κ2) is 8.05. The molecule has 0 radical (unpaired) electrons. The van der Waals surface area contributed by atoms with Crippen molar-refractivity contribution in [1.82, 2.24) is 5.43 Å². The molecule has 0 aliphatic heterocycles. The number of hydrazone groups is 1. The van der Waals surface area contributed by atoms with Gasteiger partial charge in [-0.25, -0.2) is 5.43 Å². The smallest absolute Gasteiger partial charge is 0.277 e. The molecule has 8 heteroatoms. The number of hydrogen-bond acceptors (Lipinski definition) is 6. The van der Waals surface area contributed by atoms with Gasteiger partial charge in [0.15, 0.2) is 6.61 Å². The monoisotopic (exact) mass is 324 g/mol. The van der Waals surface area contributed by atoms with Crippen LogP contribution >= 0.6 is 0 Å². The van der Waals surface area contributed by atoms with Gasteiger partial charge < -0.3 is 4.74 Å². The molecule has 0 heterocycles. The van der Waals surface area contributed by atoms with E-state index >= 15 is 0 Å². The Balaban J connectivity index is 1.79. The van der Waals surface area contributed by atoms with Gasteiger partial charge in [0, 0.05) is 12.1 Å². The molecule has 0 saturated heterocycles. The molecule has 0 aromatic heterocycles. The van der Waals surface area contributed by atoms with E-state index in [2.05, 4.69) is 10.5 Å². The predicted octanol–water partition coefficient (Wildman–Crippen LogP) is 2.00.